The van der Waals surface area contributed by atoms with E-state index in [-0.39, 0.29) is 0 Å². The van der Waals surface area contributed by atoms with Gasteiger partial charge in [0.05, 0.1) is 6.54 Å². The lowest BCUT2D eigenvalue weighted by atomic mass is 10.6. The van der Waals surface area contributed by atoms with Gasteiger partial charge in [0, 0.05) is 0 Å². The molecule has 0 fully saturated rings. The van der Waals surface area contributed by atoms with E-state index < -0.39 is 0 Å². The summed E-state index contributed by atoms with van der Waals surface area (Å²) in [6.07, 6.45) is 0. The molecule has 0 bridgehead atoms. The summed E-state index contributed by atoms with van der Waals surface area (Å²) in [5.41, 5.74) is 2.69. The zero-order valence-electron chi connectivity index (χ0n) is 5.46. The Morgan fingerprint density at radius 1 is 1.67 bits per heavy atom. The van der Waals surface area contributed by atoms with Crippen molar-refractivity contribution in [1.82, 2.24) is 15.1 Å². The Morgan fingerprint density at radius 3 is 2.89 bits per heavy atom. The molecular formula is C5H8N3S. The molecule has 0 aliphatic heterocycles. The molecule has 0 aliphatic rings. The Morgan fingerprint density at radius 2 is 2.44 bits per heavy atom. The Balaban J connectivity index is 2.48. The van der Waals surface area contributed by atoms with Gasteiger partial charge in [0.25, 0.3) is 0 Å². The van der Waals surface area contributed by atoms with Crippen LogP contribution in [-0.2, 0) is 6.54 Å². The van der Waals surface area contributed by atoms with Crippen LogP contribution < -0.4 is 0 Å². The van der Waals surface area contributed by atoms with E-state index in [1.165, 1.54) is 11.3 Å². The fourth-order valence-corrected chi connectivity index (χ4v) is 1.10. The first-order valence-corrected chi connectivity index (χ1v) is 3.44. The van der Waals surface area contributed by atoms with Crippen LogP contribution in [0.4, 0.5) is 0 Å². The van der Waals surface area contributed by atoms with Gasteiger partial charge < -0.3 is 4.90 Å². The van der Waals surface area contributed by atoms with Crippen molar-refractivity contribution in [2.45, 2.75) is 6.54 Å². The highest BCUT2D eigenvalue weighted by Gasteiger charge is 1.96. The van der Waals surface area contributed by atoms with Crippen molar-refractivity contribution in [3.8, 4) is 0 Å². The Hall–Kier alpha value is -0.480. The van der Waals surface area contributed by atoms with Crippen LogP contribution in [0.2, 0.25) is 0 Å². The van der Waals surface area contributed by atoms with Crippen molar-refractivity contribution in [3.05, 3.63) is 10.5 Å². The lowest BCUT2D eigenvalue weighted by Gasteiger charge is -2.03. The van der Waals surface area contributed by atoms with E-state index >= 15 is 0 Å². The minimum atomic E-state index is 0.862. The number of hydrogen-bond acceptors (Lipinski definition) is 4. The molecule has 0 amide bonds. The van der Waals surface area contributed by atoms with Gasteiger partial charge in [-0.25, -0.2) is 0 Å². The second-order valence-corrected chi connectivity index (χ2v) is 2.88. The molecule has 0 saturated carbocycles. The molecule has 0 spiro atoms. The topological polar surface area (TPSA) is 29.0 Å². The summed E-state index contributed by atoms with van der Waals surface area (Å²) >= 11 is 1.46. The predicted molar refractivity (Wildman–Crippen MR) is 36.1 cm³/mol. The summed E-state index contributed by atoms with van der Waals surface area (Å²) in [7, 11) is 4.00. The second-order valence-electron chi connectivity index (χ2n) is 2.02. The first kappa shape index (κ1) is 6.64. The predicted octanol–water partition coefficient (Wildman–Crippen LogP) is 0.400. The fourth-order valence-electron chi connectivity index (χ4n) is 0.504. The van der Waals surface area contributed by atoms with Gasteiger partial charge in [-0.3, -0.25) is 0 Å². The van der Waals surface area contributed by atoms with Gasteiger partial charge in [0.15, 0.2) is 5.51 Å². The van der Waals surface area contributed by atoms with E-state index in [9.17, 15) is 0 Å². The van der Waals surface area contributed by atoms with Gasteiger partial charge in [0.1, 0.15) is 5.01 Å². The van der Waals surface area contributed by atoms with Crippen LogP contribution in [0.25, 0.3) is 0 Å². The lowest BCUT2D eigenvalue weighted by Crippen LogP contribution is -2.10. The third-order valence-corrected chi connectivity index (χ3v) is 1.44. The number of nitrogens with zero attached hydrogens (tertiary/aromatic N) is 3. The molecule has 1 radical (unpaired) electrons. The molecular weight excluding hydrogens is 134 g/mol. The molecule has 1 heterocycles. The molecule has 3 nitrogen and oxygen atoms in total. The summed E-state index contributed by atoms with van der Waals surface area (Å²) < 4.78 is 0. The van der Waals surface area contributed by atoms with Crippen molar-refractivity contribution >= 4 is 11.3 Å². The highest BCUT2D eigenvalue weighted by atomic mass is 32.1. The van der Waals surface area contributed by atoms with Crippen LogP contribution in [-0.4, -0.2) is 29.2 Å². The maximum absolute atomic E-state index is 3.83. The van der Waals surface area contributed by atoms with Crippen LogP contribution in [0.15, 0.2) is 0 Å². The fraction of sp³-hybridized carbons (Fsp3) is 0.600. The first-order chi connectivity index (χ1) is 4.29. The van der Waals surface area contributed by atoms with Gasteiger partial charge >= 0.3 is 0 Å². The zero-order valence-corrected chi connectivity index (χ0v) is 6.27. The molecule has 0 saturated heterocycles. The average Bonchev–Trinajstić information content (AvgIpc) is 2.15. The number of aromatic nitrogens is 2. The third kappa shape index (κ3) is 2.07. The van der Waals surface area contributed by atoms with Crippen molar-refractivity contribution < 1.29 is 0 Å². The maximum Gasteiger partial charge on any atom is 0.178 e. The Labute approximate surface area is 58.3 Å². The van der Waals surface area contributed by atoms with E-state index in [0.717, 1.165) is 11.6 Å². The van der Waals surface area contributed by atoms with Crippen LogP contribution >= 0.6 is 11.3 Å². The summed E-state index contributed by atoms with van der Waals surface area (Å²) in [5, 5.41) is 8.43. The van der Waals surface area contributed by atoms with Crippen LogP contribution in [0.1, 0.15) is 5.01 Å². The minimum absolute atomic E-state index is 0.862. The van der Waals surface area contributed by atoms with Gasteiger partial charge in [0.2, 0.25) is 0 Å². The van der Waals surface area contributed by atoms with Crippen molar-refractivity contribution in [2.75, 3.05) is 14.1 Å². The van der Waals surface area contributed by atoms with Crippen molar-refractivity contribution in [3.63, 3.8) is 0 Å². The largest absolute Gasteiger partial charge is 0.303 e. The van der Waals surface area contributed by atoms with Gasteiger partial charge in [-0.05, 0) is 14.1 Å². The Bertz CT molecular complexity index is 159. The molecule has 9 heavy (non-hydrogen) atoms. The smallest absolute Gasteiger partial charge is 0.178 e. The SMILES string of the molecule is CN(C)Cc1nn[c]s1. The maximum atomic E-state index is 3.83. The monoisotopic (exact) mass is 142 g/mol. The minimum Gasteiger partial charge on any atom is -0.303 e. The summed E-state index contributed by atoms with van der Waals surface area (Å²) in [5.74, 6) is 0. The molecule has 0 aliphatic carbocycles. The van der Waals surface area contributed by atoms with Gasteiger partial charge in [-0.1, -0.05) is 11.3 Å². The van der Waals surface area contributed by atoms with Crippen LogP contribution in [0.5, 0.6) is 0 Å². The summed E-state index contributed by atoms with van der Waals surface area (Å²) in [6.45, 7) is 0.862. The molecule has 4 heteroatoms. The van der Waals surface area contributed by atoms with Crippen LogP contribution in [0.3, 0.4) is 0 Å². The third-order valence-electron chi connectivity index (χ3n) is 0.817. The zero-order chi connectivity index (χ0) is 6.69. The number of hydrogen-bond donors (Lipinski definition) is 0. The van der Waals surface area contributed by atoms with E-state index in [1.807, 2.05) is 19.0 Å². The molecule has 49 valence electrons. The quantitative estimate of drug-likeness (QED) is 0.598. The van der Waals surface area contributed by atoms with Crippen LogP contribution in [0, 0.1) is 5.51 Å². The summed E-state index contributed by atoms with van der Waals surface area (Å²) in [6, 6.07) is 0. The molecule has 0 N–H and O–H groups in total. The molecule has 1 aromatic heterocycles. The molecule has 1 rings (SSSR count). The van der Waals surface area contributed by atoms with E-state index in [1.54, 1.807) is 0 Å². The standard InChI is InChI=1S/C5H8N3S/c1-8(2)3-5-7-6-4-9-5/h3H2,1-2H3. The van der Waals surface area contributed by atoms with Gasteiger partial charge in [-0.2, -0.15) is 0 Å². The van der Waals surface area contributed by atoms with E-state index in [4.69, 9.17) is 0 Å². The van der Waals surface area contributed by atoms with E-state index in [2.05, 4.69) is 15.7 Å². The van der Waals surface area contributed by atoms with Crippen molar-refractivity contribution in [2.24, 2.45) is 0 Å². The highest BCUT2D eigenvalue weighted by molar-refractivity contribution is 7.08. The number of rotatable bonds is 2. The average molecular weight is 142 g/mol. The lowest BCUT2D eigenvalue weighted by molar-refractivity contribution is 0.400. The Kier molecular flexibility index (Phi) is 2.13. The molecule has 0 unspecified atom stereocenters. The highest BCUT2D eigenvalue weighted by Crippen LogP contribution is 2.01. The first-order valence-electron chi connectivity index (χ1n) is 2.62. The molecule has 0 aromatic carbocycles. The molecule has 1 aromatic rings. The van der Waals surface area contributed by atoms with Gasteiger partial charge in [-0.15, -0.1) is 10.2 Å². The van der Waals surface area contributed by atoms with Crippen molar-refractivity contribution in [1.29, 1.82) is 0 Å². The normalized spacial score (nSPS) is 10.6. The second kappa shape index (κ2) is 2.89. The van der Waals surface area contributed by atoms with E-state index in [0.29, 0.717) is 0 Å². The molecule has 0 atom stereocenters. The summed E-state index contributed by atoms with van der Waals surface area (Å²) in [4.78, 5) is 2.05.